The molecule has 1 aliphatic rings. The molecule has 3 rings (SSSR count). The molecule has 0 unspecified atom stereocenters. The molecule has 1 heterocycles. The van der Waals surface area contributed by atoms with Gasteiger partial charge in [0.2, 0.25) is 5.28 Å². The van der Waals surface area contributed by atoms with Crippen LogP contribution >= 0.6 is 11.6 Å². The van der Waals surface area contributed by atoms with Crippen LogP contribution in [0.15, 0.2) is 12.1 Å². The number of halogens is 1. The first kappa shape index (κ1) is 16.1. The Morgan fingerprint density at radius 2 is 1.78 bits per heavy atom. The van der Waals surface area contributed by atoms with Gasteiger partial charge in [0.1, 0.15) is 5.82 Å². The molecule has 1 aliphatic carbocycles. The first-order chi connectivity index (χ1) is 11.1. The van der Waals surface area contributed by atoms with Crippen molar-refractivity contribution in [3.05, 3.63) is 17.4 Å². The highest BCUT2D eigenvalue weighted by atomic mass is 35.5. The number of anilines is 1. The smallest absolute Gasteiger partial charge is 0.224 e. The number of hydrogen-bond donors (Lipinski definition) is 1. The van der Waals surface area contributed by atoms with Crippen LogP contribution in [0.25, 0.3) is 10.9 Å². The minimum absolute atomic E-state index is 0.232. The Labute approximate surface area is 141 Å². The van der Waals surface area contributed by atoms with Crippen LogP contribution in [0.2, 0.25) is 5.28 Å². The Morgan fingerprint density at radius 1 is 1.09 bits per heavy atom. The first-order valence-electron chi connectivity index (χ1n) is 7.98. The fourth-order valence-electron chi connectivity index (χ4n) is 3.24. The predicted molar refractivity (Wildman–Crippen MR) is 92.7 cm³/mol. The molecule has 1 aromatic heterocycles. The second-order valence-electron chi connectivity index (χ2n) is 6.08. The highest BCUT2D eigenvalue weighted by Gasteiger charge is 2.23. The van der Waals surface area contributed by atoms with E-state index in [9.17, 15) is 0 Å². The molecule has 0 bridgehead atoms. The number of nitrogens with one attached hydrogen (secondary N) is 1. The zero-order valence-corrected chi connectivity index (χ0v) is 14.5. The van der Waals surface area contributed by atoms with Crippen molar-refractivity contribution in [3.8, 4) is 11.5 Å². The van der Waals surface area contributed by atoms with Crippen LogP contribution in [0.4, 0.5) is 5.82 Å². The molecule has 1 saturated carbocycles. The summed E-state index contributed by atoms with van der Waals surface area (Å²) < 4.78 is 10.7. The molecule has 1 fully saturated rings. The van der Waals surface area contributed by atoms with E-state index in [0.29, 0.717) is 23.5 Å². The molecule has 0 radical (unpaired) electrons. The van der Waals surface area contributed by atoms with Gasteiger partial charge in [-0.05, 0) is 36.4 Å². The summed E-state index contributed by atoms with van der Waals surface area (Å²) in [6, 6.07) is 4.14. The average molecular weight is 336 g/mol. The maximum atomic E-state index is 6.11. The number of hydrogen-bond acceptors (Lipinski definition) is 5. The summed E-state index contributed by atoms with van der Waals surface area (Å²) >= 11 is 6.11. The van der Waals surface area contributed by atoms with E-state index in [1.807, 2.05) is 12.1 Å². The monoisotopic (exact) mass is 335 g/mol. The first-order valence-corrected chi connectivity index (χ1v) is 8.36. The minimum Gasteiger partial charge on any atom is -0.493 e. The maximum absolute atomic E-state index is 6.11. The molecule has 1 N–H and O–H groups in total. The summed E-state index contributed by atoms with van der Waals surface area (Å²) in [4.78, 5) is 8.72. The standard InChI is InChI=1S/C17H22ClN3O2/c1-10-6-4-5-7-12(10)19-16-11-8-14(22-2)15(23-3)9-13(11)20-17(18)21-16/h8-10,12H,4-7H2,1-3H3,(H,19,20,21)/t10-,12-/m0/s1. The maximum Gasteiger partial charge on any atom is 0.224 e. The third-order valence-electron chi connectivity index (χ3n) is 4.61. The largest absolute Gasteiger partial charge is 0.493 e. The Hall–Kier alpha value is -1.75. The van der Waals surface area contributed by atoms with Crippen molar-refractivity contribution in [1.29, 1.82) is 0 Å². The Balaban J connectivity index is 2.04. The van der Waals surface area contributed by atoms with Gasteiger partial charge in [-0.15, -0.1) is 0 Å². The van der Waals surface area contributed by atoms with E-state index in [2.05, 4.69) is 22.2 Å². The zero-order valence-electron chi connectivity index (χ0n) is 13.7. The summed E-state index contributed by atoms with van der Waals surface area (Å²) in [6.07, 6.45) is 4.94. The number of fused-ring (bicyclic) bond motifs is 1. The van der Waals surface area contributed by atoms with E-state index in [0.717, 1.165) is 23.1 Å². The van der Waals surface area contributed by atoms with Gasteiger partial charge in [-0.1, -0.05) is 19.8 Å². The number of benzene rings is 1. The molecular weight excluding hydrogens is 314 g/mol. The molecule has 0 amide bonds. The molecule has 5 nitrogen and oxygen atoms in total. The van der Waals surface area contributed by atoms with Crippen LogP contribution in [0.3, 0.4) is 0 Å². The molecule has 0 spiro atoms. The molecule has 0 aliphatic heterocycles. The summed E-state index contributed by atoms with van der Waals surface area (Å²) in [7, 11) is 3.23. The van der Waals surface area contributed by atoms with E-state index in [1.165, 1.54) is 19.3 Å². The Kier molecular flexibility index (Phi) is 4.76. The van der Waals surface area contributed by atoms with E-state index in [4.69, 9.17) is 21.1 Å². The zero-order chi connectivity index (χ0) is 16.4. The fourth-order valence-corrected chi connectivity index (χ4v) is 3.42. The van der Waals surface area contributed by atoms with Gasteiger partial charge in [-0.3, -0.25) is 0 Å². The van der Waals surface area contributed by atoms with Gasteiger partial charge in [0, 0.05) is 17.5 Å². The lowest BCUT2D eigenvalue weighted by Crippen LogP contribution is -2.30. The van der Waals surface area contributed by atoms with Crippen molar-refractivity contribution >= 4 is 28.3 Å². The lowest BCUT2D eigenvalue weighted by molar-refractivity contribution is 0.349. The highest BCUT2D eigenvalue weighted by molar-refractivity contribution is 6.28. The van der Waals surface area contributed by atoms with Gasteiger partial charge < -0.3 is 14.8 Å². The van der Waals surface area contributed by atoms with Crippen LogP contribution in [-0.2, 0) is 0 Å². The van der Waals surface area contributed by atoms with Gasteiger partial charge in [0.05, 0.1) is 19.7 Å². The average Bonchev–Trinajstić information content (AvgIpc) is 2.55. The van der Waals surface area contributed by atoms with Crippen molar-refractivity contribution in [1.82, 2.24) is 9.97 Å². The van der Waals surface area contributed by atoms with Crippen LogP contribution in [0.5, 0.6) is 11.5 Å². The number of aromatic nitrogens is 2. The van der Waals surface area contributed by atoms with Crippen LogP contribution < -0.4 is 14.8 Å². The second kappa shape index (κ2) is 6.79. The van der Waals surface area contributed by atoms with Crippen molar-refractivity contribution in [2.45, 2.75) is 38.6 Å². The Bertz CT molecular complexity index is 708. The number of methoxy groups -OCH3 is 2. The summed E-state index contributed by atoms with van der Waals surface area (Å²) in [6.45, 7) is 2.28. The summed E-state index contributed by atoms with van der Waals surface area (Å²) in [5.41, 5.74) is 0.744. The number of ether oxygens (including phenoxy) is 2. The van der Waals surface area contributed by atoms with Crippen molar-refractivity contribution in [3.63, 3.8) is 0 Å². The lowest BCUT2D eigenvalue weighted by Gasteiger charge is -2.30. The normalized spacial score (nSPS) is 21.2. The molecule has 2 aromatic rings. The van der Waals surface area contributed by atoms with Gasteiger partial charge in [0.15, 0.2) is 11.5 Å². The summed E-state index contributed by atoms with van der Waals surface area (Å²) in [5.74, 6) is 2.67. The number of nitrogens with zero attached hydrogens (tertiary/aromatic N) is 2. The summed E-state index contributed by atoms with van der Waals surface area (Å²) in [5, 5.41) is 4.70. The van der Waals surface area contributed by atoms with Gasteiger partial charge in [-0.25, -0.2) is 9.97 Å². The molecular formula is C17H22ClN3O2. The Morgan fingerprint density at radius 3 is 2.48 bits per heavy atom. The van der Waals surface area contributed by atoms with Gasteiger partial charge in [-0.2, -0.15) is 0 Å². The van der Waals surface area contributed by atoms with Crippen LogP contribution in [0, 0.1) is 5.92 Å². The third kappa shape index (κ3) is 3.29. The molecule has 23 heavy (non-hydrogen) atoms. The second-order valence-corrected chi connectivity index (χ2v) is 6.42. The lowest BCUT2D eigenvalue weighted by atomic mass is 9.86. The third-order valence-corrected chi connectivity index (χ3v) is 4.78. The van der Waals surface area contributed by atoms with Crippen molar-refractivity contribution in [2.75, 3.05) is 19.5 Å². The van der Waals surface area contributed by atoms with Crippen LogP contribution in [0.1, 0.15) is 32.6 Å². The molecule has 6 heteroatoms. The minimum atomic E-state index is 0.232. The van der Waals surface area contributed by atoms with Crippen molar-refractivity contribution in [2.24, 2.45) is 5.92 Å². The highest BCUT2D eigenvalue weighted by Crippen LogP contribution is 2.36. The van der Waals surface area contributed by atoms with Crippen LogP contribution in [-0.4, -0.2) is 30.2 Å². The SMILES string of the molecule is COc1cc2nc(Cl)nc(N[C@H]3CCCC[C@@H]3C)c2cc1OC. The molecule has 124 valence electrons. The van der Waals surface area contributed by atoms with E-state index >= 15 is 0 Å². The van der Waals surface area contributed by atoms with E-state index < -0.39 is 0 Å². The topological polar surface area (TPSA) is 56.3 Å². The van der Waals surface area contributed by atoms with Gasteiger partial charge >= 0.3 is 0 Å². The van der Waals surface area contributed by atoms with Crippen molar-refractivity contribution < 1.29 is 9.47 Å². The quantitative estimate of drug-likeness (QED) is 0.844. The predicted octanol–water partition coefficient (Wildman–Crippen LogP) is 4.29. The van der Waals surface area contributed by atoms with E-state index in [-0.39, 0.29) is 5.28 Å². The fraction of sp³-hybridized carbons (Fsp3) is 0.529. The van der Waals surface area contributed by atoms with Gasteiger partial charge in [0.25, 0.3) is 0 Å². The molecule has 1 aromatic carbocycles. The molecule has 2 atom stereocenters. The molecule has 0 saturated heterocycles. The number of rotatable bonds is 4. The van der Waals surface area contributed by atoms with E-state index in [1.54, 1.807) is 14.2 Å².